The van der Waals surface area contributed by atoms with Crippen molar-refractivity contribution in [2.45, 2.75) is 0 Å². The van der Waals surface area contributed by atoms with Crippen LogP contribution < -0.4 is 29.6 Å². The van der Waals surface area contributed by atoms with Gasteiger partial charge < -0.3 is 12.6 Å². The minimum absolute atomic E-state index is 0. The smallest absolute Gasteiger partial charge is 1.00 e. The first-order valence-corrected chi connectivity index (χ1v) is 0. The van der Waals surface area contributed by atoms with E-state index in [2.05, 4.69) is 0 Å². The first-order valence-electron chi connectivity index (χ1n) is 0. The largest absolute Gasteiger partial charge is 2.00 e. The van der Waals surface area contributed by atoms with Crippen molar-refractivity contribution < 1.29 is 42.2 Å². The van der Waals surface area contributed by atoms with E-state index in [4.69, 9.17) is 0 Å². The van der Waals surface area contributed by atoms with Crippen LogP contribution in [0.15, 0.2) is 0 Å². The second-order valence-electron chi connectivity index (χ2n) is 0. The van der Waals surface area contributed by atoms with Gasteiger partial charge in [-0.05, 0) is 0 Å². The van der Waals surface area contributed by atoms with Gasteiger partial charge in [-0.2, -0.15) is 0 Å². The van der Waals surface area contributed by atoms with Crippen LogP contribution in [0.1, 0.15) is 7.13 Å². The fourth-order valence-corrected chi connectivity index (χ4v) is 0. The van der Waals surface area contributed by atoms with Gasteiger partial charge in [-0.3, -0.25) is 0 Å². The quantitative estimate of drug-likeness (QED) is 0.285. The molecule has 0 amide bonds. The third-order valence-electron chi connectivity index (χ3n) is 0. The van der Waals surface area contributed by atoms with E-state index < -0.39 is 0 Å². The molecular formula is H7CaMgNaO. The van der Waals surface area contributed by atoms with E-state index in [1.165, 1.54) is 0 Å². The van der Waals surface area contributed by atoms with Crippen molar-refractivity contribution in [2.24, 2.45) is 0 Å². The van der Waals surface area contributed by atoms with Crippen molar-refractivity contribution in [3.8, 4) is 0 Å². The summed E-state index contributed by atoms with van der Waals surface area (Å²) in [4.78, 5) is 0. The van der Waals surface area contributed by atoms with E-state index in [1.54, 1.807) is 0 Å². The Morgan fingerprint density at radius 3 is 1.25 bits per heavy atom. The zero-order chi connectivity index (χ0) is 0. The summed E-state index contributed by atoms with van der Waals surface area (Å²) < 4.78 is 0. The molecule has 0 saturated carbocycles. The van der Waals surface area contributed by atoms with E-state index in [0.29, 0.717) is 0 Å². The maximum absolute atomic E-state index is 0. The molecule has 0 aromatic heterocycles. The normalized spacial score (nSPS) is 0. The van der Waals surface area contributed by atoms with E-state index in [1.807, 2.05) is 0 Å². The summed E-state index contributed by atoms with van der Waals surface area (Å²) in [7, 11) is 0. The van der Waals surface area contributed by atoms with Crippen LogP contribution in [-0.2, 0) is 0 Å². The first kappa shape index (κ1) is 28.1. The second-order valence-corrected chi connectivity index (χ2v) is 0. The number of hydrogen-bond acceptors (Lipinski definition) is 0. The molecule has 0 aromatic carbocycles. The van der Waals surface area contributed by atoms with Crippen molar-refractivity contribution in [1.29, 1.82) is 0 Å². The standard InChI is InChI=1S/Ca.Mg.Na.H2O.5H/h;;;1H2;;;;;/q2*+2;+1;;5*-1. The van der Waals surface area contributed by atoms with Crippen LogP contribution in [0, 0.1) is 0 Å². The van der Waals surface area contributed by atoms with E-state index in [-0.39, 0.29) is 103 Å². The molecular weight excluding hydrogens is 103 g/mol. The van der Waals surface area contributed by atoms with Crippen molar-refractivity contribution in [3.63, 3.8) is 0 Å². The maximum atomic E-state index is 0. The van der Waals surface area contributed by atoms with Gasteiger partial charge >= 0.3 is 90.3 Å². The summed E-state index contributed by atoms with van der Waals surface area (Å²) in [6.07, 6.45) is 0. The Balaban J connectivity index is 0. The third-order valence-corrected chi connectivity index (χ3v) is 0. The minimum Gasteiger partial charge on any atom is -1.00 e. The van der Waals surface area contributed by atoms with Crippen molar-refractivity contribution in [1.82, 2.24) is 0 Å². The Morgan fingerprint density at radius 2 is 1.25 bits per heavy atom. The molecule has 0 spiro atoms. The summed E-state index contributed by atoms with van der Waals surface area (Å²) in [5.41, 5.74) is 0. The Labute approximate surface area is 101 Å². The number of hydrogen-bond donors (Lipinski definition) is 0. The van der Waals surface area contributed by atoms with E-state index in [0.717, 1.165) is 0 Å². The molecule has 0 aliphatic heterocycles. The minimum atomic E-state index is 0. The Morgan fingerprint density at radius 1 is 1.25 bits per heavy atom. The molecule has 0 rings (SSSR count). The fourth-order valence-electron chi connectivity index (χ4n) is 0. The maximum Gasteiger partial charge on any atom is 2.00 e. The van der Waals surface area contributed by atoms with Gasteiger partial charge in [0, 0.05) is 0 Å². The molecule has 0 aromatic rings. The predicted molar refractivity (Wildman–Crippen MR) is 20.7 cm³/mol. The Bertz CT molecular complexity index is 16.9. The molecule has 0 bridgehead atoms. The van der Waals surface area contributed by atoms with Gasteiger partial charge in [0.25, 0.3) is 0 Å². The fraction of sp³-hybridized carbons (Fsp3) is 0. The molecule has 0 saturated heterocycles. The molecule has 0 fully saturated rings. The van der Waals surface area contributed by atoms with Gasteiger partial charge in [-0.15, -0.1) is 0 Å². The Hall–Kier alpha value is 2.99. The van der Waals surface area contributed by atoms with Crippen LogP contribution in [0.2, 0.25) is 0 Å². The molecule has 0 heterocycles. The number of rotatable bonds is 0. The van der Waals surface area contributed by atoms with E-state index in [9.17, 15) is 0 Å². The van der Waals surface area contributed by atoms with Crippen LogP contribution in [0.5, 0.6) is 0 Å². The first-order chi connectivity index (χ1) is 0. The molecule has 0 atom stereocenters. The summed E-state index contributed by atoms with van der Waals surface area (Å²) in [5.74, 6) is 0. The molecule has 0 aliphatic rings. The van der Waals surface area contributed by atoms with Crippen LogP contribution in [-0.4, -0.2) is 66.3 Å². The van der Waals surface area contributed by atoms with Crippen LogP contribution in [0.4, 0.5) is 0 Å². The molecule has 2 N–H and O–H groups in total. The van der Waals surface area contributed by atoms with Gasteiger partial charge in [0.2, 0.25) is 0 Å². The Kier molecular flexibility index (Phi) is 117. The van der Waals surface area contributed by atoms with Gasteiger partial charge in [0.15, 0.2) is 0 Å². The van der Waals surface area contributed by atoms with Crippen molar-refractivity contribution >= 4 is 60.8 Å². The predicted octanol–water partition coefficient (Wildman–Crippen LogP) is -4.02. The molecule has 4 heteroatoms. The van der Waals surface area contributed by atoms with Crippen LogP contribution >= 0.6 is 0 Å². The zero-order valence-corrected chi connectivity index (χ0v) is 8.54. The molecule has 0 radical (unpaired) electrons. The van der Waals surface area contributed by atoms with E-state index >= 15 is 0 Å². The monoisotopic (exact) mass is 110 g/mol. The second kappa shape index (κ2) is 16.7. The molecule has 0 aliphatic carbocycles. The summed E-state index contributed by atoms with van der Waals surface area (Å²) in [6, 6.07) is 0. The van der Waals surface area contributed by atoms with Gasteiger partial charge in [0.1, 0.15) is 0 Å². The SMILES string of the molecule is O.[Ca+2].[H-].[H-].[H-].[H-].[H-].[Mg+2].[Na+]. The van der Waals surface area contributed by atoms with Crippen LogP contribution in [0.3, 0.4) is 0 Å². The topological polar surface area (TPSA) is 31.5 Å². The van der Waals surface area contributed by atoms with Gasteiger partial charge in [-0.25, -0.2) is 0 Å². The summed E-state index contributed by atoms with van der Waals surface area (Å²) in [6.45, 7) is 0. The summed E-state index contributed by atoms with van der Waals surface area (Å²) in [5, 5.41) is 0. The van der Waals surface area contributed by atoms with Gasteiger partial charge in [0.05, 0.1) is 0 Å². The molecule has 1 nitrogen and oxygen atoms in total. The summed E-state index contributed by atoms with van der Waals surface area (Å²) >= 11 is 0. The average molecular weight is 110 g/mol. The third kappa shape index (κ3) is 8.88. The van der Waals surface area contributed by atoms with Gasteiger partial charge in [-0.1, -0.05) is 0 Å². The molecule has 4 heavy (non-hydrogen) atoms. The zero-order valence-electron chi connectivity index (χ0n) is 7.91. The average Bonchev–Trinajstić information content (AvgIpc) is 0. The van der Waals surface area contributed by atoms with Crippen LogP contribution in [0.25, 0.3) is 0 Å². The van der Waals surface area contributed by atoms with Crippen molar-refractivity contribution in [2.75, 3.05) is 0 Å². The van der Waals surface area contributed by atoms with Crippen molar-refractivity contribution in [3.05, 3.63) is 0 Å². The molecule has 0 unspecified atom stereocenters. The molecule has 18 valence electrons.